The highest BCUT2D eigenvalue weighted by Crippen LogP contribution is 2.26. The van der Waals surface area contributed by atoms with E-state index in [2.05, 4.69) is 20.6 Å². The number of aryl methyl sites for hydroxylation is 1. The van der Waals surface area contributed by atoms with E-state index in [4.69, 9.17) is 28.3 Å². The first-order valence-corrected chi connectivity index (χ1v) is 10.6. The zero-order valence-corrected chi connectivity index (χ0v) is 18.1. The number of fused-ring (bicyclic) bond motifs is 2. The lowest BCUT2D eigenvalue weighted by Crippen LogP contribution is -2.37. The lowest BCUT2D eigenvalue weighted by atomic mass is 9.96. The van der Waals surface area contributed by atoms with Crippen molar-refractivity contribution in [2.75, 3.05) is 17.2 Å². The quantitative estimate of drug-likeness (QED) is 0.612. The Kier molecular flexibility index (Phi) is 7.64. The lowest BCUT2D eigenvalue weighted by molar-refractivity contribution is -0.123. The Labute approximate surface area is 185 Å². The van der Waals surface area contributed by atoms with E-state index in [-0.39, 0.29) is 24.6 Å². The Bertz CT molecular complexity index is 938. The summed E-state index contributed by atoms with van der Waals surface area (Å²) in [7, 11) is 0. The summed E-state index contributed by atoms with van der Waals surface area (Å²) in [6.07, 6.45) is 3.35. The summed E-state index contributed by atoms with van der Waals surface area (Å²) in [6, 6.07) is 7.12. The van der Waals surface area contributed by atoms with E-state index in [0.717, 1.165) is 30.6 Å². The van der Waals surface area contributed by atoms with Gasteiger partial charge in [0.05, 0.1) is 6.04 Å². The third-order valence-corrected chi connectivity index (χ3v) is 5.45. The monoisotopic (exact) mass is 450 g/mol. The maximum Gasteiger partial charge on any atom is 0.160 e. The van der Waals surface area contributed by atoms with Crippen LogP contribution in [0, 0.1) is 0 Å². The van der Waals surface area contributed by atoms with Gasteiger partial charge in [-0.3, -0.25) is 9.59 Å². The van der Waals surface area contributed by atoms with Crippen molar-refractivity contribution < 1.29 is 14.7 Å². The number of Topliss-reactive ketones (excluding diaryl/α,β-unsaturated/α-hetero) is 2. The van der Waals surface area contributed by atoms with Crippen LogP contribution in [0.1, 0.15) is 37.3 Å². The largest absolute Gasteiger partial charge is 0.396 e. The van der Waals surface area contributed by atoms with Crippen molar-refractivity contribution in [2.24, 2.45) is 0 Å². The second kappa shape index (κ2) is 10.2. The highest BCUT2D eigenvalue weighted by Gasteiger charge is 2.27. The number of pyridine rings is 2. The van der Waals surface area contributed by atoms with Gasteiger partial charge in [-0.05, 0) is 43.9 Å². The van der Waals surface area contributed by atoms with Crippen LogP contribution < -0.4 is 10.6 Å². The standard InChI is InChI=1S/C11H11ClN2O2.C10H13ClN2O/c1-6(15)4-8-9(16)5-7-2-3-10(12)14-11(7)13-8;11-9-4-2-7-1-3-8(5-6-14)12-10(7)13-9/h2-3,8H,4-5H2,1H3,(H,13,14);2,4,8,14H,1,3,5-6H2,(H,12,13)/t2*8-/m01/s1. The number of hydrogen-bond donors (Lipinski definition) is 3. The van der Waals surface area contributed by atoms with Gasteiger partial charge in [0.1, 0.15) is 27.7 Å². The molecule has 0 saturated carbocycles. The maximum atomic E-state index is 11.7. The van der Waals surface area contributed by atoms with Crippen molar-refractivity contribution in [1.82, 2.24) is 9.97 Å². The van der Waals surface area contributed by atoms with E-state index in [9.17, 15) is 9.59 Å². The Balaban J connectivity index is 0.000000172. The SMILES string of the molecule is CC(=O)C[C@@H]1Nc2nc(Cl)ccc2CC1=O.OCC[C@H]1CCc2ccc(Cl)nc2N1. The third-order valence-electron chi connectivity index (χ3n) is 5.03. The van der Waals surface area contributed by atoms with Crippen molar-refractivity contribution in [2.45, 2.75) is 51.1 Å². The van der Waals surface area contributed by atoms with Gasteiger partial charge < -0.3 is 15.7 Å². The molecule has 2 aromatic heterocycles. The summed E-state index contributed by atoms with van der Waals surface area (Å²) in [4.78, 5) is 31.0. The highest BCUT2D eigenvalue weighted by molar-refractivity contribution is 6.29. The average Bonchev–Trinajstić information content (AvgIpc) is 2.69. The molecule has 0 saturated heterocycles. The molecule has 3 N–H and O–H groups in total. The number of ketones is 2. The number of aromatic nitrogens is 2. The zero-order chi connectivity index (χ0) is 21.7. The molecule has 0 amide bonds. The maximum absolute atomic E-state index is 11.7. The Morgan fingerprint density at radius 3 is 2.37 bits per heavy atom. The van der Waals surface area contributed by atoms with Gasteiger partial charge >= 0.3 is 0 Å². The Morgan fingerprint density at radius 1 is 1.10 bits per heavy atom. The van der Waals surface area contributed by atoms with Crippen molar-refractivity contribution in [3.63, 3.8) is 0 Å². The number of anilines is 2. The van der Waals surface area contributed by atoms with E-state index in [1.54, 1.807) is 12.1 Å². The molecular formula is C21H24Cl2N4O3. The number of aliphatic hydroxyl groups excluding tert-OH is 1. The highest BCUT2D eigenvalue weighted by atomic mass is 35.5. The summed E-state index contributed by atoms with van der Waals surface area (Å²) in [5.41, 5.74) is 2.04. The minimum atomic E-state index is -0.462. The summed E-state index contributed by atoms with van der Waals surface area (Å²) >= 11 is 11.6. The Hall–Kier alpha value is -2.22. The summed E-state index contributed by atoms with van der Waals surface area (Å²) in [5, 5.41) is 16.0. The molecule has 2 aromatic rings. The zero-order valence-electron chi connectivity index (χ0n) is 16.6. The Morgan fingerprint density at radius 2 is 1.73 bits per heavy atom. The molecule has 4 heterocycles. The molecule has 2 aliphatic heterocycles. The number of aliphatic hydroxyl groups is 1. The van der Waals surface area contributed by atoms with Crippen LogP contribution >= 0.6 is 23.2 Å². The molecule has 0 spiro atoms. The fourth-order valence-electron chi connectivity index (χ4n) is 3.50. The number of halogens is 2. The van der Waals surface area contributed by atoms with E-state index in [1.807, 2.05) is 12.1 Å². The van der Waals surface area contributed by atoms with Crippen molar-refractivity contribution >= 4 is 46.4 Å². The second-order valence-corrected chi connectivity index (χ2v) is 8.20. The first-order valence-electron chi connectivity index (χ1n) is 9.82. The molecule has 0 fully saturated rings. The summed E-state index contributed by atoms with van der Waals surface area (Å²) in [6.45, 7) is 1.68. The fourth-order valence-corrected chi connectivity index (χ4v) is 3.79. The van der Waals surface area contributed by atoms with Crippen LogP contribution in [-0.2, 0) is 22.4 Å². The first-order chi connectivity index (χ1) is 14.4. The van der Waals surface area contributed by atoms with Crippen LogP contribution in [0.3, 0.4) is 0 Å². The van der Waals surface area contributed by atoms with Gasteiger partial charge in [0.25, 0.3) is 0 Å². The van der Waals surface area contributed by atoms with Crippen molar-refractivity contribution in [3.05, 3.63) is 45.7 Å². The van der Waals surface area contributed by atoms with Gasteiger partial charge in [-0.1, -0.05) is 35.3 Å². The fraction of sp³-hybridized carbons (Fsp3) is 0.429. The lowest BCUT2D eigenvalue weighted by Gasteiger charge is -2.25. The molecule has 30 heavy (non-hydrogen) atoms. The molecule has 0 aliphatic carbocycles. The van der Waals surface area contributed by atoms with Crippen LogP contribution in [0.15, 0.2) is 24.3 Å². The molecule has 2 aliphatic rings. The minimum Gasteiger partial charge on any atom is -0.396 e. The summed E-state index contributed by atoms with van der Waals surface area (Å²) in [5.74, 6) is 1.49. The second-order valence-electron chi connectivity index (χ2n) is 7.42. The number of nitrogens with one attached hydrogen (secondary N) is 2. The van der Waals surface area contributed by atoms with Gasteiger partial charge in [-0.2, -0.15) is 0 Å². The van der Waals surface area contributed by atoms with Gasteiger partial charge in [0.15, 0.2) is 5.78 Å². The molecule has 0 unspecified atom stereocenters. The first kappa shape index (κ1) is 22.5. The van der Waals surface area contributed by atoms with Crippen molar-refractivity contribution in [1.29, 1.82) is 0 Å². The van der Waals surface area contributed by atoms with Gasteiger partial charge in [-0.15, -0.1) is 0 Å². The number of carbonyl (C=O) groups is 2. The smallest absolute Gasteiger partial charge is 0.160 e. The van der Waals surface area contributed by atoms with Gasteiger partial charge in [-0.25, -0.2) is 9.97 Å². The number of hydrogen-bond acceptors (Lipinski definition) is 7. The van der Waals surface area contributed by atoms with E-state index in [0.29, 0.717) is 28.6 Å². The molecule has 160 valence electrons. The van der Waals surface area contributed by atoms with E-state index < -0.39 is 6.04 Å². The minimum absolute atomic E-state index is 0.0173. The number of nitrogens with zero attached hydrogens (tertiary/aromatic N) is 2. The van der Waals surface area contributed by atoms with Crippen LogP contribution in [0.25, 0.3) is 0 Å². The van der Waals surface area contributed by atoms with Crippen LogP contribution in [0.4, 0.5) is 11.6 Å². The molecule has 0 aromatic carbocycles. The van der Waals surface area contributed by atoms with Crippen LogP contribution in [-0.4, -0.2) is 45.3 Å². The molecular weight excluding hydrogens is 427 g/mol. The molecule has 0 bridgehead atoms. The molecule has 9 heteroatoms. The van der Waals surface area contributed by atoms with Gasteiger partial charge in [0, 0.05) is 31.1 Å². The predicted molar refractivity (Wildman–Crippen MR) is 117 cm³/mol. The third kappa shape index (κ3) is 5.90. The topological polar surface area (TPSA) is 104 Å². The predicted octanol–water partition coefficient (Wildman–Crippen LogP) is 3.46. The molecule has 4 rings (SSSR count). The number of carbonyl (C=O) groups excluding carboxylic acids is 2. The molecule has 0 radical (unpaired) electrons. The van der Waals surface area contributed by atoms with Gasteiger partial charge in [0.2, 0.25) is 0 Å². The normalized spacial score (nSPS) is 19.4. The van der Waals surface area contributed by atoms with Crippen LogP contribution in [0.5, 0.6) is 0 Å². The summed E-state index contributed by atoms with van der Waals surface area (Å²) < 4.78 is 0. The van der Waals surface area contributed by atoms with Crippen molar-refractivity contribution in [3.8, 4) is 0 Å². The average molecular weight is 451 g/mol. The molecule has 7 nitrogen and oxygen atoms in total. The van der Waals surface area contributed by atoms with E-state index in [1.165, 1.54) is 12.5 Å². The van der Waals surface area contributed by atoms with Crippen LogP contribution in [0.2, 0.25) is 10.3 Å². The molecule has 2 atom stereocenters. The number of rotatable bonds is 4. The van der Waals surface area contributed by atoms with E-state index >= 15 is 0 Å².